The summed E-state index contributed by atoms with van der Waals surface area (Å²) in [7, 11) is 0. The summed E-state index contributed by atoms with van der Waals surface area (Å²) >= 11 is 1.95. The fourth-order valence-electron chi connectivity index (χ4n) is 8.47. The van der Waals surface area contributed by atoms with Crippen molar-refractivity contribution in [3.8, 4) is 67.5 Å². The molecule has 2 aliphatic rings. The lowest BCUT2D eigenvalue weighted by Crippen LogP contribution is -2.24. The molecule has 3 nitrogen and oxygen atoms in total. The van der Waals surface area contributed by atoms with Crippen LogP contribution >= 0.6 is 11.3 Å². The van der Waals surface area contributed by atoms with Gasteiger partial charge in [0, 0.05) is 37.2 Å². The molecule has 2 heterocycles. The number of thiophene rings is 1. The molecule has 0 saturated carbocycles. The molecule has 1 unspecified atom stereocenters. The third-order valence-electron chi connectivity index (χ3n) is 10.8. The Hall–Kier alpha value is -6.49. The van der Waals surface area contributed by atoms with E-state index in [1.54, 1.807) is 0 Å². The Morgan fingerprint density at radius 2 is 0.846 bits per heavy atom. The van der Waals surface area contributed by atoms with Gasteiger partial charge < -0.3 is 0 Å². The van der Waals surface area contributed by atoms with Crippen molar-refractivity contribution in [2.24, 2.45) is 0 Å². The van der Waals surface area contributed by atoms with Gasteiger partial charge in [0.2, 0.25) is 0 Å². The minimum atomic E-state index is -0.371. The van der Waals surface area contributed by atoms with E-state index in [0.29, 0.717) is 17.5 Å². The standard InChI is InChI=1S/C48H29N3S/c1-3-13-31(14-4-1)45-49-46(32-15-5-2-6-16-32)51-47(50-45)33-25-23-30(24-26-33)34-27-28-36-35-17-7-10-20-39(35)48(41(36)29-34)40-21-11-8-18-37(40)43-38-19-9-12-22-42(38)52-44(43)48/h1-29H. The Bertz CT molecular complexity index is 2780. The van der Waals surface area contributed by atoms with Crippen LogP contribution in [0.1, 0.15) is 21.6 Å². The highest BCUT2D eigenvalue weighted by atomic mass is 32.1. The predicted molar refractivity (Wildman–Crippen MR) is 213 cm³/mol. The highest BCUT2D eigenvalue weighted by Crippen LogP contribution is 2.66. The number of fused-ring (bicyclic) bond motifs is 12. The predicted octanol–water partition coefficient (Wildman–Crippen LogP) is 12.1. The van der Waals surface area contributed by atoms with Gasteiger partial charge >= 0.3 is 0 Å². The second-order valence-electron chi connectivity index (χ2n) is 13.5. The molecule has 0 saturated heterocycles. The quantitative estimate of drug-likeness (QED) is 0.186. The highest BCUT2D eigenvalue weighted by molar-refractivity contribution is 7.20. The van der Waals surface area contributed by atoms with Crippen LogP contribution in [0.3, 0.4) is 0 Å². The second kappa shape index (κ2) is 11.3. The Labute approximate surface area is 305 Å². The first-order chi connectivity index (χ1) is 25.8. The Kier molecular flexibility index (Phi) is 6.34. The average Bonchev–Trinajstić information content (AvgIpc) is 3.85. The zero-order valence-corrected chi connectivity index (χ0v) is 28.8. The molecule has 0 aliphatic heterocycles. The van der Waals surface area contributed by atoms with Crippen molar-refractivity contribution in [1.82, 2.24) is 15.0 Å². The molecule has 0 N–H and O–H groups in total. The van der Waals surface area contributed by atoms with Gasteiger partial charge in [-0.05, 0) is 56.6 Å². The number of rotatable bonds is 4. The van der Waals surface area contributed by atoms with Gasteiger partial charge in [0.25, 0.3) is 0 Å². The van der Waals surface area contributed by atoms with Crippen LogP contribution in [0.2, 0.25) is 0 Å². The maximum absolute atomic E-state index is 4.96. The first-order valence-corrected chi connectivity index (χ1v) is 18.4. The zero-order valence-electron chi connectivity index (χ0n) is 28.0. The monoisotopic (exact) mass is 679 g/mol. The lowest BCUT2D eigenvalue weighted by molar-refractivity contribution is 0.812. The molecule has 1 atom stereocenters. The van der Waals surface area contributed by atoms with Gasteiger partial charge in [0.05, 0.1) is 5.41 Å². The van der Waals surface area contributed by atoms with Crippen molar-refractivity contribution in [3.63, 3.8) is 0 Å². The summed E-state index contributed by atoms with van der Waals surface area (Å²) in [5.41, 5.74) is 14.3. The zero-order chi connectivity index (χ0) is 34.2. The van der Waals surface area contributed by atoms with Crippen molar-refractivity contribution in [1.29, 1.82) is 0 Å². The van der Waals surface area contributed by atoms with E-state index in [2.05, 4.69) is 115 Å². The van der Waals surface area contributed by atoms with Gasteiger partial charge in [-0.1, -0.05) is 164 Å². The van der Waals surface area contributed by atoms with Gasteiger partial charge in [0.1, 0.15) is 0 Å². The molecule has 0 radical (unpaired) electrons. The van der Waals surface area contributed by atoms with Crippen LogP contribution < -0.4 is 0 Å². The van der Waals surface area contributed by atoms with E-state index >= 15 is 0 Å². The number of aromatic nitrogens is 3. The average molecular weight is 680 g/mol. The minimum absolute atomic E-state index is 0.371. The highest BCUT2D eigenvalue weighted by Gasteiger charge is 2.53. The van der Waals surface area contributed by atoms with E-state index in [1.807, 2.05) is 72.0 Å². The molecule has 0 amide bonds. The van der Waals surface area contributed by atoms with E-state index < -0.39 is 0 Å². The molecule has 0 bridgehead atoms. The van der Waals surface area contributed by atoms with Gasteiger partial charge in [-0.3, -0.25) is 0 Å². The lowest BCUT2D eigenvalue weighted by atomic mass is 9.73. The van der Waals surface area contributed by atoms with Crippen LogP contribution in [0, 0.1) is 0 Å². The van der Waals surface area contributed by atoms with Crippen molar-refractivity contribution in [2.45, 2.75) is 5.41 Å². The van der Waals surface area contributed by atoms with Crippen molar-refractivity contribution < 1.29 is 0 Å². The number of nitrogens with zero attached hydrogens (tertiary/aromatic N) is 3. The molecular formula is C48H29N3S. The molecule has 52 heavy (non-hydrogen) atoms. The summed E-state index contributed by atoms with van der Waals surface area (Å²) in [6.45, 7) is 0. The lowest BCUT2D eigenvalue weighted by Gasteiger charge is -2.29. The smallest absolute Gasteiger partial charge is 0.164 e. The maximum atomic E-state index is 4.96. The molecule has 2 aliphatic carbocycles. The van der Waals surface area contributed by atoms with E-state index in [9.17, 15) is 0 Å². The molecule has 11 rings (SSSR count). The van der Waals surface area contributed by atoms with E-state index in [4.69, 9.17) is 15.0 Å². The molecular weight excluding hydrogens is 651 g/mol. The third kappa shape index (κ3) is 4.16. The van der Waals surface area contributed by atoms with Gasteiger partial charge in [-0.15, -0.1) is 11.3 Å². The topological polar surface area (TPSA) is 38.7 Å². The molecule has 4 heteroatoms. The second-order valence-corrected chi connectivity index (χ2v) is 14.6. The largest absolute Gasteiger partial charge is 0.208 e. The van der Waals surface area contributed by atoms with Crippen molar-refractivity contribution in [3.05, 3.63) is 197 Å². The SMILES string of the molecule is c1ccc(-c2nc(-c3ccccc3)nc(-c3ccc(-c4ccc5c(c4)C4(c6ccccc6-5)c5ccccc5-c5c4sc4ccccc54)cc3)n2)cc1. The molecule has 9 aromatic rings. The van der Waals surface area contributed by atoms with E-state index in [1.165, 1.54) is 59.5 Å². The summed E-state index contributed by atoms with van der Waals surface area (Å²) in [6.07, 6.45) is 0. The van der Waals surface area contributed by atoms with Crippen molar-refractivity contribution in [2.75, 3.05) is 0 Å². The van der Waals surface area contributed by atoms with Gasteiger partial charge in [-0.2, -0.15) is 0 Å². The van der Waals surface area contributed by atoms with E-state index in [0.717, 1.165) is 22.3 Å². The van der Waals surface area contributed by atoms with Crippen molar-refractivity contribution >= 4 is 21.4 Å². The van der Waals surface area contributed by atoms with Crippen LogP contribution in [0.15, 0.2) is 176 Å². The molecule has 0 fully saturated rings. The fourth-order valence-corrected chi connectivity index (χ4v) is 9.92. The Morgan fingerprint density at radius 3 is 1.52 bits per heavy atom. The minimum Gasteiger partial charge on any atom is -0.208 e. The fraction of sp³-hybridized carbons (Fsp3) is 0.0208. The van der Waals surface area contributed by atoms with Gasteiger partial charge in [-0.25, -0.2) is 15.0 Å². The molecule has 242 valence electrons. The summed E-state index contributed by atoms with van der Waals surface area (Å²) in [5, 5.41) is 1.34. The summed E-state index contributed by atoms with van der Waals surface area (Å²) in [5.74, 6) is 1.98. The molecule has 7 aromatic carbocycles. The Morgan fingerprint density at radius 1 is 0.365 bits per heavy atom. The maximum Gasteiger partial charge on any atom is 0.164 e. The van der Waals surface area contributed by atoms with Crippen LogP contribution in [0.4, 0.5) is 0 Å². The van der Waals surface area contributed by atoms with Crippen LogP contribution in [-0.4, -0.2) is 15.0 Å². The number of hydrogen-bond donors (Lipinski definition) is 0. The molecule has 2 aromatic heterocycles. The van der Waals surface area contributed by atoms with Crippen LogP contribution in [-0.2, 0) is 5.41 Å². The van der Waals surface area contributed by atoms with Gasteiger partial charge in [0.15, 0.2) is 17.5 Å². The first kappa shape index (κ1) is 29.3. The van der Waals surface area contributed by atoms with Crippen LogP contribution in [0.25, 0.3) is 77.6 Å². The summed E-state index contributed by atoms with van der Waals surface area (Å²) in [6, 6.07) is 63.0. The summed E-state index contributed by atoms with van der Waals surface area (Å²) in [4.78, 5) is 16.2. The van der Waals surface area contributed by atoms with Crippen LogP contribution in [0.5, 0.6) is 0 Å². The first-order valence-electron chi connectivity index (χ1n) is 17.6. The normalized spacial score (nSPS) is 15.0. The number of benzene rings is 7. The molecule has 1 spiro atoms. The third-order valence-corrected chi connectivity index (χ3v) is 12.0. The summed E-state index contributed by atoms with van der Waals surface area (Å²) < 4.78 is 1.34. The van der Waals surface area contributed by atoms with E-state index in [-0.39, 0.29) is 5.41 Å². The Balaban J connectivity index is 1.06. The number of hydrogen-bond acceptors (Lipinski definition) is 4.